The normalized spacial score (nSPS) is 22.6. The highest BCUT2D eigenvalue weighted by molar-refractivity contribution is 7.92. The molecule has 3 aliphatic rings. The number of rotatable bonds is 9. The summed E-state index contributed by atoms with van der Waals surface area (Å²) in [5.74, 6) is -0.471. The lowest BCUT2D eigenvalue weighted by atomic mass is 10.0. The summed E-state index contributed by atoms with van der Waals surface area (Å²) < 4.78 is 30.5. The van der Waals surface area contributed by atoms with Crippen molar-refractivity contribution in [1.82, 2.24) is 15.2 Å². The molecule has 0 unspecified atom stereocenters. The molecule has 0 spiro atoms. The number of nitrogens with zero attached hydrogens (tertiary/aromatic N) is 3. The Labute approximate surface area is 221 Å². The SMILES string of the molecule is CC1(C)CN(Cc2cnc(NC(=O)/C(=N/O[C@@H]3CCOC3)c3ccc(S(=O)(=O)C4CC4)cc3)s2)CCN1. The summed E-state index contributed by atoms with van der Waals surface area (Å²) in [6, 6.07) is 6.26. The molecular weight excluding hydrogens is 514 g/mol. The first kappa shape index (κ1) is 26.2. The van der Waals surface area contributed by atoms with Crippen LogP contribution in [-0.2, 0) is 30.8 Å². The highest BCUT2D eigenvalue weighted by Crippen LogP contribution is 2.33. The van der Waals surface area contributed by atoms with Crippen LogP contribution in [0, 0.1) is 0 Å². The standard InChI is InChI=1S/C25H33N5O5S2/c1-25(2)16-30(11-10-27-25)14-19-13-26-24(36-19)28-23(31)22(29-35-18-9-12-34-15-18)17-3-5-20(6-4-17)37(32,33)21-7-8-21/h3-6,13,18,21,27H,7-12,14-16H2,1-2H3,(H,26,28,31)/b29-22+/t18-/m1/s1. The van der Waals surface area contributed by atoms with Gasteiger partial charge in [-0.3, -0.25) is 15.0 Å². The third kappa shape index (κ3) is 6.55. The minimum atomic E-state index is -3.32. The first-order chi connectivity index (χ1) is 17.7. The van der Waals surface area contributed by atoms with E-state index in [1.165, 1.54) is 23.5 Å². The summed E-state index contributed by atoms with van der Waals surface area (Å²) >= 11 is 1.43. The van der Waals surface area contributed by atoms with Crippen molar-refractivity contribution in [3.63, 3.8) is 0 Å². The molecule has 37 heavy (non-hydrogen) atoms. The zero-order valence-corrected chi connectivity index (χ0v) is 22.7. The maximum atomic E-state index is 13.3. The quantitative estimate of drug-likeness (QED) is 0.363. The van der Waals surface area contributed by atoms with E-state index >= 15 is 0 Å². The van der Waals surface area contributed by atoms with Crippen molar-refractivity contribution in [3.8, 4) is 0 Å². The van der Waals surface area contributed by atoms with Gasteiger partial charge in [-0.2, -0.15) is 0 Å². The lowest BCUT2D eigenvalue weighted by molar-refractivity contribution is -0.110. The van der Waals surface area contributed by atoms with E-state index in [4.69, 9.17) is 9.57 Å². The number of ether oxygens (including phenoxy) is 1. The van der Waals surface area contributed by atoms with E-state index in [-0.39, 0.29) is 27.5 Å². The lowest BCUT2D eigenvalue weighted by Gasteiger charge is -2.38. The molecule has 2 aromatic rings. The molecule has 2 aliphatic heterocycles. The van der Waals surface area contributed by atoms with Gasteiger partial charge in [0, 0.05) is 54.8 Å². The Balaban J connectivity index is 1.30. The van der Waals surface area contributed by atoms with Gasteiger partial charge in [0.05, 0.1) is 23.4 Å². The molecular formula is C25H33N5O5S2. The maximum Gasteiger partial charge on any atom is 0.280 e. The molecule has 5 rings (SSSR count). The van der Waals surface area contributed by atoms with Gasteiger partial charge in [-0.15, -0.1) is 11.3 Å². The second kappa shape index (κ2) is 10.8. The van der Waals surface area contributed by atoms with Crippen molar-refractivity contribution in [2.75, 3.05) is 38.2 Å². The number of thiazole rings is 1. The Morgan fingerprint density at radius 2 is 2.08 bits per heavy atom. The molecule has 2 N–H and O–H groups in total. The van der Waals surface area contributed by atoms with Gasteiger partial charge >= 0.3 is 0 Å². The number of anilines is 1. The minimum Gasteiger partial charge on any atom is -0.389 e. The zero-order valence-electron chi connectivity index (χ0n) is 21.1. The van der Waals surface area contributed by atoms with Crippen LogP contribution < -0.4 is 10.6 Å². The third-order valence-corrected chi connectivity index (χ3v) is 9.80. The average molecular weight is 548 g/mol. The predicted molar refractivity (Wildman–Crippen MR) is 142 cm³/mol. The summed E-state index contributed by atoms with van der Waals surface area (Å²) in [6.07, 6.45) is 3.63. The van der Waals surface area contributed by atoms with Crippen LogP contribution in [0.15, 0.2) is 40.5 Å². The molecule has 1 atom stereocenters. The maximum absolute atomic E-state index is 13.3. The number of sulfone groups is 1. The van der Waals surface area contributed by atoms with Crippen LogP contribution in [0.2, 0.25) is 0 Å². The molecule has 0 radical (unpaired) electrons. The fourth-order valence-corrected chi connectivity index (χ4v) is 7.03. The number of nitrogens with one attached hydrogen (secondary N) is 2. The molecule has 3 heterocycles. The van der Waals surface area contributed by atoms with Crippen LogP contribution in [0.4, 0.5) is 5.13 Å². The second-order valence-electron chi connectivity index (χ2n) is 10.4. The first-order valence-electron chi connectivity index (χ1n) is 12.6. The van der Waals surface area contributed by atoms with Crippen molar-refractivity contribution in [2.45, 2.75) is 61.4 Å². The average Bonchev–Trinajstić information content (AvgIpc) is 3.44. The lowest BCUT2D eigenvalue weighted by Crippen LogP contribution is -2.56. The fraction of sp³-hybridized carbons (Fsp3) is 0.560. The van der Waals surface area contributed by atoms with Crippen LogP contribution in [-0.4, -0.2) is 79.7 Å². The molecule has 12 heteroatoms. The van der Waals surface area contributed by atoms with Gasteiger partial charge in [-0.05, 0) is 38.8 Å². The van der Waals surface area contributed by atoms with Gasteiger partial charge in [0.2, 0.25) is 0 Å². The summed E-state index contributed by atoms with van der Waals surface area (Å²) in [5, 5.41) is 10.7. The van der Waals surface area contributed by atoms with Crippen LogP contribution in [0.5, 0.6) is 0 Å². The second-order valence-corrected chi connectivity index (χ2v) is 13.8. The van der Waals surface area contributed by atoms with Gasteiger partial charge in [-0.25, -0.2) is 13.4 Å². The van der Waals surface area contributed by atoms with Crippen molar-refractivity contribution in [3.05, 3.63) is 40.9 Å². The van der Waals surface area contributed by atoms with Crippen LogP contribution in [0.1, 0.15) is 43.6 Å². The van der Waals surface area contributed by atoms with Gasteiger partial charge in [0.25, 0.3) is 5.91 Å². The van der Waals surface area contributed by atoms with E-state index < -0.39 is 15.7 Å². The van der Waals surface area contributed by atoms with E-state index in [9.17, 15) is 13.2 Å². The zero-order chi connectivity index (χ0) is 26.0. The number of benzene rings is 1. The Hall–Kier alpha value is -2.38. The van der Waals surface area contributed by atoms with Gasteiger partial charge < -0.3 is 14.9 Å². The Morgan fingerprint density at radius 3 is 2.76 bits per heavy atom. The summed E-state index contributed by atoms with van der Waals surface area (Å²) in [4.78, 5) is 27.0. The topological polar surface area (TPSA) is 122 Å². The number of carbonyl (C=O) groups excluding carboxylic acids is 1. The van der Waals surface area contributed by atoms with E-state index in [1.54, 1.807) is 18.3 Å². The minimum absolute atomic E-state index is 0.0582. The number of amides is 1. The van der Waals surface area contributed by atoms with Gasteiger partial charge in [0.1, 0.15) is 0 Å². The number of hydrogen-bond donors (Lipinski definition) is 2. The Kier molecular flexibility index (Phi) is 7.64. The first-order valence-corrected chi connectivity index (χ1v) is 15.0. The van der Waals surface area contributed by atoms with Crippen molar-refractivity contribution >= 4 is 37.9 Å². The van der Waals surface area contributed by atoms with Crippen molar-refractivity contribution in [2.24, 2.45) is 5.16 Å². The molecule has 1 aliphatic carbocycles. The van der Waals surface area contributed by atoms with Crippen molar-refractivity contribution < 1.29 is 22.8 Å². The van der Waals surface area contributed by atoms with Crippen molar-refractivity contribution in [1.29, 1.82) is 0 Å². The molecule has 200 valence electrons. The smallest absolute Gasteiger partial charge is 0.280 e. The largest absolute Gasteiger partial charge is 0.389 e. The highest BCUT2D eigenvalue weighted by atomic mass is 32.2. The molecule has 0 bridgehead atoms. The monoisotopic (exact) mass is 547 g/mol. The predicted octanol–water partition coefficient (Wildman–Crippen LogP) is 2.41. The summed E-state index contributed by atoms with van der Waals surface area (Å²) in [5.41, 5.74) is 0.581. The molecule has 1 saturated carbocycles. The van der Waals surface area contributed by atoms with Crippen LogP contribution >= 0.6 is 11.3 Å². The Bertz CT molecular complexity index is 1250. The highest BCUT2D eigenvalue weighted by Gasteiger charge is 2.37. The molecule has 2 saturated heterocycles. The number of piperazine rings is 1. The van der Waals surface area contributed by atoms with E-state index in [2.05, 4.69) is 39.5 Å². The molecule has 1 aromatic heterocycles. The third-order valence-electron chi connectivity index (χ3n) is 6.62. The van der Waals surface area contributed by atoms with E-state index in [0.717, 1.165) is 31.1 Å². The molecule has 10 nitrogen and oxygen atoms in total. The van der Waals surface area contributed by atoms with Crippen LogP contribution in [0.3, 0.4) is 0 Å². The molecule has 3 fully saturated rings. The van der Waals surface area contributed by atoms with Gasteiger partial charge in [0.15, 0.2) is 26.8 Å². The fourth-order valence-electron chi connectivity index (χ4n) is 4.52. The Morgan fingerprint density at radius 1 is 1.30 bits per heavy atom. The number of carbonyl (C=O) groups is 1. The number of oxime groups is 1. The van der Waals surface area contributed by atoms with Gasteiger partial charge in [-0.1, -0.05) is 17.3 Å². The number of hydrogen-bond acceptors (Lipinski definition) is 10. The summed E-state index contributed by atoms with van der Waals surface area (Å²) in [6.45, 7) is 8.95. The van der Waals surface area contributed by atoms with E-state index in [1.807, 2.05) is 0 Å². The number of aromatic nitrogens is 1. The van der Waals surface area contributed by atoms with E-state index in [0.29, 0.717) is 43.2 Å². The molecule has 1 amide bonds. The van der Waals surface area contributed by atoms with Crippen LogP contribution in [0.25, 0.3) is 0 Å². The molecule has 1 aromatic carbocycles. The summed E-state index contributed by atoms with van der Waals surface area (Å²) in [7, 11) is -3.32.